The van der Waals surface area contributed by atoms with E-state index < -0.39 is 95.5 Å². The Morgan fingerprint density at radius 3 is 2.03 bits per heavy atom. The zero-order valence-corrected chi connectivity index (χ0v) is 34.8. The van der Waals surface area contributed by atoms with Crippen LogP contribution in [0.15, 0.2) is 52.5 Å². The molecule has 0 saturated heterocycles. The molecule has 1 amide bonds. The first-order chi connectivity index (χ1) is 27.3. The minimum absolute atomic E-state index is 0.00133. The van der Waals surface area contributed by atoms with Crippen LogP contribution in [0.2, 0.25) is 0 Å². The van der Waals surface area contributed by atoms with E-state index in [0.29, 0.717) is 0 Å². The smallest absolute Gasteiger partial charge is 0.315 e. The summed E-state index contributed by atoms with van der Waals surface area (Å²) in [6, 6.07) is 0. The van der Waals surface area contributed by atoms with Crippen LogP contribution in [-0.4, -0.2) is 110 Å². The predicted octanol–water partition coefficient (Wildman–Crippen LogP) is 2.79. The fourth-order valence-electron chi connectivity index (χ4n) is 7.66. The molecule has 1 aliphatic carbocycles. The Balaban J connectivity index is 2.12. The molecule has 0 spiro atoms. The highest BCUT2D eigenvalue weighted by Crippen LogP contribution is 2.53. The molecule has 59 heavy (non-hydrogen) atoms. The molecule has 1 aromatic carbocycles. The van der Waals surface area contributed by atoms with Crippen molar-refractivity contribution >= 4 is 40.9 Å². The molecular formula is C42H53NO16. The van der Waals surface area contributed by atoms with E-state index in [1.807, 2.05) is 0 Å². The lowest BCUT2D eigenvalue weighted by atomic mass is 9.74. The van der Waals surface area contributed by atoms with Crippen molar-refractivity contribution in [3.05, 3.63) is 69.2 Å². The number of amides is 1. The molecule has 0 radical (unpaired) electrons. The summed E-state index contributed by atoms with van der Waals surface area (Å²) >= 11 is 0. The van der Waals surface area contributed by atoms with Crippen molar-refractivity contribution in [2.24, 2.45) is 17.8 Å². The molecule has 9 unspecified atom stereocenters. The Morgan fingerprint density at radius 1 is 0.864 bits per heavy atom. The normalized spacial score (nSPS) is 31.6. The highest BCUT2D eigenvalue weighted by atomic mass is 16.7. The van der Waals surface area contributed by atoms with Gasteiger partial charge in [0.2, 0.25) is 6.79 Å². The van der Waals surface area contributed by atoms with Crippen molar-refractivity contribution in [1.82, 2.24) is 0 Å². The van der Waals surface area contributed by atoms with Gasteiger partial charge in [-0.25, -0.2) is 0 Å². The molecule has 1 aromatic rings. The standard InChI is InChI=1S/C42H53NO16/c1-17-13-12-14-41(9,53)37(49)21(5)31(47)28(40(52)55-11)36(59-24(8)45)22(6)38(50)42(10,54)15-18(2)33-27-25-26(30(46)20(4)34(27)57-16-56-33)32(48)29(43-39(17)51)19(3)35(25)58-23(7)44/h12-15,21-22,28,31,36-38,47-50,53-54H,16H2,1-11H3,(H,43,51)/b14-12?,17-13+,18-15?. The van der Waals surface area contributed by atoms with Crippen molar-refractivity contribution in [2.45, 2.75) is 105 Å². The highest BCUT2D eigenvalue weighted by Gasteiger charge is 2.50. The van der Waals surface area contributed by atoms with E-state index in [9.17, 15) is 54.6 Å². The van der Waals surface area contributed by atoms with Gasteiger partial charge in [0.1, 0.15) is 40.5 Å². The number of rotatable bonds is 3. The third kappa shape index (κ3) is 8.99. The van der Waals surface area contributed by atoms with Crippen molar-refractivity contribution in [3.8, 4) is 11.5 Å². The van der Waals surface area contributed by atoms with Crippen LogP contribution in [0.5, 0.6) is 11.5 Å². The fourth-order valence-corrected chi connectivity index (χ4v) is 7.66. The molecule has 3 aliphatic heterocycles. The number of phenols is 1. The molecule has 0 fully saturated rings. The molecule has 17 heteroatoms. The van der Waals surface area contributed by atoms with E-state index in [2.05, 4.69) is 5.32 Å². The van der Waals surface area contributed by atoms with Crippen molar-refractivity contribution < 1.29 is 78.3 Å². The maximum atomic E-state index is 14.0. The van der Waals surface area contributed by atoms with E-state index in [1.165, 1.54) is 73.6 Å². The third-order valence-corrected chi connectivity index (χ3v) is 10.9. The summed E-state index contributed by atoms with van der Waals surface area (Å²) in [5, 5.41) is 72.5. The van der Waals surface area contributed by atoms with Crippen LogP contribution >= 0.6 is 0 Å². The number of benzene rings is 1. The average Bonchev–Trinajstić information content (AvgIpc) is 3.16. The highest BCUT2D eigenvalue weighted by molar-refractivity contribution is 6.21. The number of fused-ring (bicyclic) bond motifs is 14. The number of aromatic hydroxyl groups is 1. The lowest BCUT2D eigenvalue weighted by Crippen LogP contribution is -2.55. The number of carbonyl (C=O) groups excluding carboxylic acids is 5. The number of phenolic OH excluding ortho intramolecular Hbond substituents is 1. The predicted molar refractivity (Wildman–Crippen MR) is 209 cm³/mol. The van der Waals surface area contributed by atoms with Gasteiger partial charge in [-0.2, -0.15) is 0 Å². The van der Waals surface area contributed by atoms with Gasteiger partial charge in [0.05, 0.1) is 42.2 Å². The second-order valence-electron chi connectivity index (χ2n) is 15.6. The van der Waals surface area contributed by atoms with Gasteiger partial charge in [0, 0.05) is 48.0 Å². The zero-order valence-electron chi connectivity index (χ0n) is 34.8. The number of hydrogen-bond donors (Lipinski definition) is 7. The van der Waals surface area contributed by atoms with Crippen LogP contribution in [-0.2, 0) is 38.1 Å². The van der Waals surface area contributed by atoms with Gasteiger partial charge in [0.25, 0.3) is 5.91 Å². The number of methoxy groups -OCH3 is 1. The molecule has 4 aliphatic rings. The quantitative estimate of drug-likeness (QED) is 0.131. The summed E-state index contributed by atoms with van der Waals surface area (Å²) in [5.41, 5.74) is -5.03. The number of esters is 3. The number of aliphatic hydroxyl groups is 5. The first-order valence-corrected chi connectivity index (χ1v) is 18.8. The van der Waals surface area contributed by atoms with Gasteiger partial charge in [0.15, 0.2) is 11.5 Å². The van der Waals surface area contributed by atoms with Crippen LogP contribution in [0.1, 0.15) is 83.8 Å². The van der Waals surface area contributed by atoms with Crippen molar-refractivity contribution in [2.75, 3.05) is 19.2 Å². The van der Waals surface area contributed by atoms with Crippen molar-refractivity contribution in [3.63, 3.8) is 0 Å². The molecule has 4 bridgehead atoms. The number of allylic oxidation sites excluding steroid dienone is 5. The van der Waals surface area contributed by atoms with Gasteiger partial charge in [-0.3, -0.25) is 24.0 Å². The molecule has 17 nitrogen and oxygen atoms in total. The number of carbonyl (C=O) groups is 5. The Hall–Kier alpha value is -5.33. The van der Waals surface area contributed by atoms with Crippen molar-refractivity contribution in [1.29, 1.82) is 0 Å². The molecule has 322 valence electrons. The number of nitrogens with one attached hydrogen (secondary N) is 1. The maximum Gasteiger partial charge on any atom is 0.315 e. The van der Waals surface area contributed by atoms with Gasteiger partial charge in [-0.15, -0.1) is 0 Å². The lowest BCUT2D eigenvalue weighted by Gasteiger charge is -2.41. The first kappa shape index (κ1) is 46.4. The van der Waals surface area contributed by atoms with Gasteiger partial charge in [-0.05, 0) is 53.2 Å². The Morgan fingerprint density at radius 2 is 1.46 bits per heavy atom. The Bertz CT molecular complexity index is 2090. The summed E-state index contributed by atoms with van der Waals surface area (Å²) < 4.78 is 27.9. The number of ketones is 1. The SMILES string of the molecule is COC(=O)C1C(O)C(C)C(O)C(C)(O)C=C/C=C(\C)C(=O)Nc2c(C)c(OC(C)=O)c3c(c2O)C(=O)C(C)=C2OCOC(=C23)C(C)=CC(C)(O)C(O)C(C)C1OC(C)=O. The average molecular weight is 828 g/mol. The van der Waals surface area contributed by atoms with E-state index in [4.69, 9.17) is 23.7 Å². The number of ether oxygens (including phenoxy) is 5. The summed E-state index contributed by atoms with van der Waals surface area (Å²) in [5.74, 6) is -9.89. The van der Waals surface area contributed by atoms with Crippen LogP contribution < -0.4 is 10.1 Å². The summed E-state index contributed by atoms with van der Waals surface area (Å²) in [6.07, 6.45) is -2.49. The molecule has 5 rings (SSSR count). The molecule has 3 heterocycles. The van der Waals surface area contributed by atoms with Gasteiger partial charge >= 0.3 is 17.9 Å². The number of aliphatic hydroxyl groups excluding tert-OH is 3. The Labute approximate surface area is 341 Å². The van der Waals surface area contributed by atoms with E-state index in [0.717, 1.165) is 27.0 Å². The summed E-state index contributed by atoms with van der Waals surface area (Å²) in [6.45, 7) is 12.5. The minimum atomic E-state index is -2.26. The van der Waals surface area contributed by atoms with Crippen LogP contribution in [0.25, 0.3) is 5.57 Å². The molecule has 0 saturated carbocycles. The number of anilines is 1. The molecule has 9 atom stereocenters. The monoisotopic (exact) mass is 827 g/mol. The molecule has 0 aromatic heterocycles. The lowest BCUT2D eigenvalue weighted by molar-refractivity contribution is -0.183. The summed E-state index contributed by atoms with van der Waals surface area (Å²) in [7, 11) is 1.01. The molecular weight excluding hydrogens is 774 g/mol. The summed E-state index contributed by atoms with van der Waals surface area (Å²) in [4.78, 5) is 66.1. The Kier molecular flexibility index (Phi) is 13.7. The number of hydrogen-bond acceptors (Lipinski definition) is 16. The fraction of sp³-hybridized carbons (Fsp3) is 0.500. The van der Waals surface area contributed by atoms with E-state index >= 15 is 0 Å². The first-order valence-electron chi connectivity index (χ1n) is 18.8. The zero-order chi connectivity index (χ0) is 44.6. The topological polar surface area (TPSA) is 265 Å². The van der Waals surface area contributed by atoms with Crippen LogP contribution in [0.4, 0.5) is 5.69 Å². The van der Waals surface area contributed by atoms with E-state index in [-0.39, 0.29) is 61.9 Å². The second-order valence-corrected chi connectivity index (χ2v) is 15.6. The number of Topliss-reactive ketones (excluding diaryl/α,β-unsaturated/α-hetero) is 1. The minimum Gasteiger partial charge on any atom is -0.505 e. The van der Waals surface area contributed by atoms with Crippen LogP contribution in [0.3, 0.4) is 0 Å². The largest absolute Gasteiger partial charge is 0.505 e. The van der Waals surface area contributed by atoms with E-state index in [1.54, 1.807) is 0 Å². The molecule has 7 N–H and O–H groups in total. The van der Waals surface area contributed by atoms with Gasteiger partial charge < -0.3 is 59.6 Å². The maximum absolute atomic E-state index is 14.0. The third-order valence-electron chi connectivity index (χ3n) is 10.9. The second kappa shape index (κ2) is 17.5. The van der Waals surface area contributed by atoms with Crippen LogP contribution in [0, 0.1) is 24.7 Å². The van der Waals surface area contributed by atoms with Gasteiger partial charge in [-0.1, -0.05) is 32.1 Å².